The minimum absolute atomic E-state index is 0.0418. The standard InChI is InChI=1S/C17H24N2O/c1-12(2)14(4)19(5)17(20)16-10-6-8-15(13(16)3)9-7-11-18/h6,8,10,12,14H,11,18H2,1-5H3. The SMILES string of the molecule is Cc1c(C#CCN)cccc1C(=O)N(C)C(C)C(C)C. The summed E-state index contributed by atoms with van der Waals surface area (Å²) in [6, 6.07) is 5.84. The Labute approximate surface area is 122 Å². The lowest BCUT2D eigenvalue weighted by molar-refractivity contribution is 0.0706. The van der Waals surface area contributed by atoms with E-state index in [4.69, 9.17) is 5.73 Å². The lowest BCUT2D eigenvalue weighted by Crippen LogP contribution is -2.38. The van der Waals surface area contributed by atoms with E-state index in [1.165, 1.54) is 0 Å². The maximum atomic E-state index is 12.6. The summed E-state index contributed by atoms with van der Waals surface area (Å²) in [6.45, 7) is 8.55. The fourth-order valence-corrected chi connectivity index (χ4v) is 1.97. The number of carbonyl (C=O) groups is 1. The Hall–Kier alpha value is -1.79. The van der Waals surface area contributed by atoms with E-state index >= 15 is 0 Å². The highest BCUT2D eigenvalue weighted by molar-refractivity contribution is 5.96. The van der Waals surface area contributed by atoms with Crippen LogP contribution < -0.4 is 5.73 Å². The Balaban J connectivity index is 3.11. The molecule has 1 atom stereocenters. The van der Waals surface area contributed by atoms with E-state index in [9.17, 15) is 4.79 Å². The number of hydrogen-bond acceptors (Lipinski definition) is 2. The third-order valence-electron chi connectivity index (χ3n) is 3.79. The van der Waals surface area contributed by atoms with E-state index in [1.807, 2.05) is 32.2 Å². The van der Waals surface area contributed by atoms with Gasteiger partial charge in [0.05, 0.1) is 6.54 Å². The van der Waals surface area contributed by atoms with Gasteiger partial charge in [-0.3, -0.25) is 4.79 Å². The Morgan fingerprint density at radius 2 is 2.00 bits per heavy atom. The fourth-order valence-electron chi connectivity index (χ4n) is 1.97. The molecule has 0 saturated heterocycles. The second-order valence-corrected chi connectivity index (χ2v) is 5.38. The molecule has 108 valence electrons. The summed E-state index contributed by atoms with van der Waals surface area (Å²) in [5.74, 6) is 6.31. The van der Waals surface area contributed by atoms with Crippen molar-refractivity contribution in [2.75, 3.05) is 13.6 Å². The summed E-state index contributed by atoms with van der Waals surface area (Å²) in [7, 11) is 1.85. The lowest BCUT2D eigenvalue weighted by atomic mass is 9.99. The first-order chi connectivity index (χ1) is 9.40. The van der Waals surface area contributed by atoms with Crippen molar-refractivity contribution < 1.29 is 4.79 Å². The molecule has 0 aliphatic rings. The van der Waals surface area contributed by atoms with Crippen molar-refractivity contribution in [2.24, 2.45) is 11.7 Å². The van der Waals surface area contributed by atoms with Crippen molar-refractivity contribution in [2.45, 2.75) is 33.7 Å². The van der Waals surface area contributed by atoms with Gasteiger partial charge in [-0.1, -0.05) is 31.8 Å². The highest BCUT2D eigenvalue weighted by Gasteiger charge is 2.21. The maximum Gasteiger partial charge on any atom is 0.254 e. The molecule has 1 rings (SSSR count). The second-order valence-electron chi connectivity index (χ2n) is 5.38. The molecule has 3 nitrogen and oxygen atoms in total. The van der Waals surface area contributed by atoms with Crippen LogP contribution in [0, 0.1) is 24.7 Å². The van der Waals surface area contributed by atoms with E-state index in [0.29, 0.717) is 18.0 Å². The summed E-state index contributed by atoms with van der Waals surface area (Å²) in [4.78, 5) is 14.4. The number of nitrogens with two attached hydrogens (primary N) is 1. The molecule has 1 aromatic carbocycles. The van der Waals surface area contributed by atoms with Gasteiger partial charge in [-0.05, 0) is 37.5 Å². The number of amides is 1. The molecule has 0 aliphatic heterocycles. The van der Waals surface area contributed by atoms with Gasteiger partial charge in [0, 0.05) is 24.2 Å². The Kier molecular flexibility index (Phi) is 5.79. The average molecular weight is 272 g/mol. The number of rotatable bonds is 3. The number of nitrogens with zero attached hydrogens (tertiary/aromatic N) is 1. The van der Waals surface area contributed by atoms with Gasteiger partial charge >= 0.3 is 0 Å². The molecule has 0 fully saturated rings. The minimum atomic E-state index is 0.0418. The highest BCUT2D eigenvalue weighted by atomic mass is 16.2. The van der Waals surface area contributed by atoms with E-state index in [2.05, 4.69) is 32.6 Å². The van der Waals surface area contributed by atoms with Crippen LogP contribution in [-0.4, -0.2) is 30.4 Å². The molecule has 1 amide bonds. The van der Waals surface area contributed by atoms with Gasteiger partial charge in [-0.15, -0.1) is 0 Å². The number of hydrogen-bond donors (Lipinski definition) is 1. The third kappa shape index (κ3) is 3.61. The lowest BCUT2D eigenvalue weighted by Gasteiger charge is -2.28. The van der Waals surface area contributed by atoms with Gasteiger partial charge in [0.2, 0.25) is 0 Å². The van der Waals surface area contributed by atoms with Crippen LogP contribution in [0.25, 0.3) is 0 Å². The predicted molar refractivity (Wildman–Crippen MR) is 83.5 cm³/mol. The average Bonchev–Trinajstić information content (AvgIpc) is 2.43. The van der Waals surface area contributed by atoms with Crippen molar-refractivity contribution in [1.29, 1.82) is 0 Å². The second kappa shape index (κ2) is 7.12. The zero-order chi connectivity index (χ0) is 15.3. The van der Waals surface area contributed by atoms with E-state index in [0.717, 1.165) is 11.1 Å². The molecular weight excluding hydrogens is 248 g/mol. The number of benzene rings is 1. The van der Waals surface area contributed by atoms with Crippen molar-refractivity contribution in [3.63, 3.8) is 0 Å². The quantitative estimate of drug-likeness (QED) is 0.859. The van der Waals surface area contributed by atoms with Gasteiger partial charge in [0.15, 0.2) is 0 Å². The van der Waals surface area contributed by atoms with Gasteiger partial charge < -0.3 is 10.6 Å². The van der Waals surface area contributed by atoms with E-state index < -0.39 is 0 Å². The van der Waals surface area contributed by atoms with Gasteiger partial charge in [-0.25, -0.2) is 0 Å². The molecule has 0 radical (unpaired) electrons. The topological polar surface area (TPSA) is 46.3 Å². The molecule has 0 saturated carbocycles. The zero-order valence-electron chi connectivity index (χ0n) is 13.0. The van der Waals surface area contributed by atoms with Crippen LogP contribution >= 0.6 is 0 Å². The van der Waals surface area contributed by atoms with Crippen LogP contribution in [-0.2, 0) is 0 Å². The summed E-state index contributed by atoms with van der Waals surface area (Å²) in [5, 5.41) is 0. The molecule has 2 N–H and O–H groups in total. The molecule has 0 bridgehead atoms. The molecule has 0 aliphatic carbocycles. The van der Waals surface area contributed by atoms with E-state index in [1.54, 1.807) is 4.90 Å². The fraction of sp³-hybridized carbons (Fsp3) is 0.471. The van der Waals surface area contributed by atoms with Crippen LogP contribution in [0.3, 0.4) is 0 Å². The number of carbonyl (C=O) groups excluding carboxylic acids is 1. The Morgan fingerprint density at radius 3 is 2.55 bits per heavy atom. The predicted octanol–water partition coefficient (Wildman–Crippen LogP) is 2.42. The first-order valence-corrected chi connectivity index (χ1v) is 6.95. The molecule has 0 spiro atoms. The largest absolute Gasteiger partial charge is 0.339 e. The van der Waals surface area contributed by atoms with Crippen LogP contribution in [0.2, 0.25) is 0 Å². The van der Waals surface area contributed by atoms with Gasteiger partial charge in [0.25, 0.3) is 5.91 Å². The smallest absolute Gasteiger partial charge is 0.254 e. The van der Waals surface area contributed by atoms with Crippen LogP contribution in [0.1, 0.15) is 42.3 Å². The van der Waals surface area contributed by atoms with Crippen molar-refractivity contribution in [3.8, 4) is 11.8 Å². The normalized spacial score (nSPS) is 11.8. The molecule has 1 aromatic rings. The molecular formula is C17H24N2O. The van der Waals surface area contributed by atoms with Crippen molar-refractivity contribution >= 4 is 5.91 Å². The van der Waals surface area contributed by atoms with Crippen LogP contribution in [0.15, 0.2) is 18.2 Å². The third-order valence-corrected chi connectivity index (χ3v) is 3.79. The molecule has 0 aromatic heterocycles. The molecule has 0 heterocycles. The van der Waals surface area contributed by atoms with Crippen LogP contribution in [0.4, 0.5) is 0 Å². The molecule has 3 heteroatoms. The Morgan fingerprint density at radius 1 is 1.35 bits per heavy atom. The summed E-state index contributed by atoms with van der Waals surface area (Å²) in [6.07, 6.45) is 0. The first kappa shape index (κ1) is 16.3. The Bertz CT molecular complexity index is 538. The monoisotopic (exact) mass is 272 g/mol. The first-order valence-electron chi connectivity index (χ1n) is 6.95. The molecule has 20 heavy (non-hydrogen) atoms. The van der Waals surface area contributed by atoms with Crippen LogP contribution in [0.5, 0.6) is 0 Å². The summed E-state index contributed by atoms with van der Waals surface area (Å²) in [5.41, 5.74) is 7.89. The summed E-state index contributed by atoms with van der Waals surface area (Å²) < 4.78 is 0. The van der Waals surface area contributed by atoms with Gasteiger partial charge in [0.1, 0.15) is 0 Å². The minimum Gasteiger partial charge on any atom is -0.339 e. The molecule has 1 unspecified atom stereocenters. The van der Waals surface area contributed by atoms with Gasteiger partial charge in [-0.2, -0.15) is 0 Å². The van der Waals surface area contributed by atoms with Crippen molar-refractivity contribution in [1.82, 2.24) is 4.90 Å². The highest BCUT2D eigenvalue weighted by Crippen LogP contribution is 2.17. The summed E-state index contributed by atoms with van der Waals surface area (Å²) >= 11 is 0. The maximum absolute atomic E-state index is 12.6. The van der Waals surface area contributed by atoms with Crippen molar-refractivity contribution in [3.05, 3.63) is 34.9 Å². The zero-order valence-corrected chi connectivity index (χ0v) is 13.0. The van der Waals surface area contributed by atoms with E-state index in [-0.39, 0.29) is 11.9 Å².